The molecule has 6 nitrogen and oxygen atoms in total. The van der Waals surface area contributed by atoms with E-state index in [4.69, 9.17) is 11.5 Å². The molecule has 1 aliphatic carbocycles. The molecular weight excluding hydrogens is 348 g/mol. The van der Waals surface area contributed by atoms with Crippen LogP contribution in [0.5, 0.6) is 5.75 Å². The van der Waals surface area contributed by atoms with E-state index in [1.54, 1.807) is 28.6 Å². The van der Waals surface area contributed by atoms with E-state index in [0.717, 1.165) is 16.1 Å². The molecule has 0 saturated heterocycles. The van der Waals surface area contributed by atoms with E-state index in [1.165, 1.54) is 12.8 Å². The number of thioether (sulfide) groups is 1. The second-order valence-corrected chi connectivity index (χ2v) is 8.07. The zero-order valence-corrected chi connectivity index (χ0v) is 15.4. The Bertz CT molecular complexity index is 1050. The fourth-order valence-electron chi connectivity index (χ4n) is 3.26. The first-order valence-electron chi connectivity index (χ1n) is 8.44. The molecule has 3 aromatic rings. The number of primary amides is 1. The Labute approximate surface area is 155 Å². The molecule has 0 atom stereocenters. The Kier molecular flexibility index (Phi) is 3.84. The van der Waals surface area contributed by atoms with Gasteiger partial charge in [-0.3, -0.25) is 9.36 Å². The molecule has 0 unspecified atom stereocenters. The van der Waals surface area contributed by atoms with Crippen LogP contribution in [-0.4, -0.2) is 25.8 Å². The molecule has 1 aliphatic rings. The largest absolute Gasteiger partial charge is 0.508 e. The number of pyridine rings is 1. The number of nitrogen functional groups attached to an aromatic ring is 1. The number of benzene rings is 1. The van der Waals surface area contributed by atoms with Gasteiger partial charge in [0.15, 0.2) is 0 Å². The molecule has 134 valence electrons. The van der Waals surface area contributed by atoms with Gasteiger partial charge in [-0.15, -0.1) is 11.8 Å². The van der Waals surface area contributed by atoms with Crippen molar-refractivity contribution < 1.29 is 9.90 Å². The van der Waals surface area contributed by atoms with Crippen LogP contribution in [0.25, 0.3) is 16.7 Å². The summed E-state index contributed by atoms with van der Waals surface area (Å²) in [7, 11) is 0. The molecule has 1 aromatic carbocycles. The van der Waals surface area contributed by atoms with Gasteiger partial charge < -0.3 is 16.6 Å². The van der Waals surface area contributed by atoms with Gasteiger partial charge in [0.1, 0.15) is 17.2 Å². The smallest absolute Gasteiger partial charge is 0.253 e. The summed E-state index contributed by atoms with van der Waals surface area (Å²) in [6.07, 6.45) is 4.21. The standard InChI is InChI=1S/C19H20N4O2S/c1-9-3-6-14(24)10(2)16(9)23-17(20)15(18(21)25)13-7-12(8-22-19(13)23)26-11-4-5-11/h3,6-8,11,24H,4-5,20H2,1-2H3,(H2,21,25). The Morgan fingerprint density at radius 2 is 2.08 bits per heavy atom. The maximum absolute atomic E-state index is 12.1. The van der Waals surface area contributed by atoms with Crippen LogP contribution in [-0.2, 0) is 0 Å². The Morgan fingerprint density at radius 1 is 1.35 bits per heavy atom. The molecule has 2 aromatic heterocycles. The van der Waals surface area contributed by atoms with E-state index >= 15 is 0 Å². The molecule has 7 heteroatoms. The number of hydrogen-bond donors (Lipinski definition) is 3. The third kappa shape index (κ3) is 2.59. The number of aromatic nitrogens is 2. The topological polar surface area (TPSA) is 107 Å². The van der Waals surface area contributed by atoms with E-state index in [0.29, 0.717) is 21.8 Å². The molecule has 5 N–H and O–H groups in total. The summed E-state index contributed by atoms with van der Waals surface area (Å²) in [4.78, 5) is 17.7. The van der Waals surface area contributed by atoms with Crippen molar-refractivity contribution in [3.8, 4) is 11.4 Å². The van der Waals surface area contributed by atoms with E-state index in [-0.39, 0.29) is 17.1 Å². The molecule has 1 amide bonds. The van der Waals surface area contributed by atoms with Gasteiger partial charge in [0.05, 0.1) is 11.3 Å². The highest BCUT2D eigenvalue weighted by Crippen LogP contribution is 2.41. The van der Waals surface area contributed by atoms with Gasteiger partial charge in [-0.1, -0.05) is 6.07 Å². The minimum Gasteiger partial charge on any atom is -0.508 e. The molecule has 4 rings (SSSR count). The second kappa shape index (κ2) is 5.95. The molecule has 0 spiro atoms. The lowest BCUT2D eigenvalue weighted by Crippen LogP contribution is -2.14. The van der Waals surface area contributed by atoms with Crippen molar-refractivity contribution in [1.29, 1.82) is 0 Å². The molecule has 0 bridgehead atoms. The lowest BCUT2D eigenvalue weighted by atomic mass is 10.1. The van der Waals surface area contributed by atoms with E-state index in [1.807, 2.05) is 26.0 Å². The van der Waals surface area contributed by atoms with E-state index in [2.05, 4.69) is 4.98 Å². The summed E-state index contributed by atoms with van der Waals surface area (Å²) >= 11 is 1.76. The molecular formula is C19H20N4O2S. The van der Waals surface area contributed by atoms with Gasteiger partial charge in [0.25, 0.3) is 5.91 Å². The number of fused-ring (bicyclic) bond motifs is 1. The van der Waals surface area contributed by atoms with Crippen molar-refractivity contribution in [3.05, 3.63) is 41.1 Å². The Balaban J connectivity index is 2.03. The molecule has 0 radical (unpaired) electrons. The zero-order valence-electron chi connectivity index (χ0n) is 14.6. The van der Waals surface area contributed by atoms with Crippen LogP contribution in [0.1, 0.15) is 34.3 Å². The summed E-state index contributed by atoms with van der Waals surface area (Å²) in [6, 6.07) is 5.39. The van der Waals surface area contributed by atoms with Crippen LogP contribution in [0.3, 0.4) is 0 Å². The van der Waals surface area contributed by atoms with Crippen molar-refractivity contribution in [2.45, 2.75) is 36.8 Å². The zero-order chi connectivity index (χ0) is 18.6. The minimum absolute atomic E-state index is 0.161. The summed E-state index contributed by atoms with van der Waals surface area (Å²) in [6.45, 7) is 3.73. The van der Waals surface area contributed by atoms with Crippen molar-refractivity contribution in [3.63, 3.8) is 0 Å². The summed E-state index contributed by atoms with van der Waals surface area (Å²) in [5, 5.41) is 11.4. The number of anilines is 1. The van der Waals surface area contributed by atoms with Crippen LogP contribution in [0, 0.1) is 13.8 Å². The van der Waals surface area contributed by atoms with Gasteiger partial charge in [-0.05, 0) is 44.4 Å². The van der Waals surface area contributed by atoms with Gasteiger partial charge in [-0.2, -0.15) is 0 Å². The van der Waals surface area contributed by atoms with Crippen LogP contribution >= 0.6 is 11.8 Å². The summed E-state index contributed by atoms with van der Waals surface area (Å²) in [5.74, 6) is -0.184. The SMILES string of the molecule is Cc1ccc(O)c(C)c1-n1c(N)c(C(N)=O)c2cc(SC3CC3)cnc21. The monoisotopic (exact) mass is 368 g/mol. The first-order valence-corrected chi connectivity index (χ1v) is 9.32. The van der Waals surface area contributed by atoms with E-state index < -0.39 is 5.91 Å². The van der Waals surface area contributed by atoms with Crippen molar-refractivity contribution in [2.75, 3.05) is 5.73 Å². The van der Waals surface area contributed by atoms with Gasteiger partial charge in [0, 0.05) is 27.3 Å². The fraction of sp³-hybridized carbons (Fsp3) is 0.263. The third-order valence-corrected chi connectivity index (χ3v) is 6.02. The quantitative estimate of drug-likeness (QED) is 0.655. The number of carbonyl (C=O) groups is 1. The third-order valence-electron chi connectivity index (χ3n) is 4.72. The first-order chi connectivity index (χ1) is 12.4. The number of aryl methyl sites for hydroxylation is 1. The lowest BCUT2D eigenvalue weighted by molar-refractivity contribution is 0.100. The molecule has 2 heterocycles. The molecule has 0 aliphatic heterocycles. The number of amides is 1. The van der Waals surface area contributed by atoms with Gasteiger partial charge in [0.2, 0.25) is 0 Å². The highest BCUT2D eigenvalue weighted by Gasteiger charge is 2.26. The molecule has 1 saturated carbocycles. The lowest BCUT2D eigenvalue weighted by Gasteiger charge is -2.15. The number of nitrogens with zero attached hydrogens (tertiary/aromatic N) is 2. The highest BCUT2D eigenvalue weighted by molar-refractivity contribution is 8.00. The van der Waals surface area contributed by atoms with Crippen molar-refractivity contribution >= 4 is 34.5 Å². The van der Waals surface area contributed by atoms with Crippen LogP contribution < -0.4 is 11.5 Å². The number of nitrogens with two attached hydrogens (primary N) is 2. The van der Waals surface area contributed by atoms with Crippen LogP contribution in [0.4, 0.5) is 5.82 Å². The van der Waals surface area contributed by atoms with Crippen molar-refractivity contribution in [2.24, 2.45) is 5.73 Å². The number of aromatic hydroxyl groups is 1. The normalized spacial score (nSPS) is 14.1. The number of rotatable bonds is 4. The van der Waals surface area contributed by atoms with Gasteiger partial charge >= 0.3 is 0 Å². The first kappa shape index (κ1) is 16.8. The van der Waals surface area contributed by atoms with Crippen LogP contribution in [0.2, 0.25) is 0 Å². The highest BCUT2D eigenvalue weighted by atomic mass is 32.2. The summed E-state index contributed by atoms with van der Waals surface area (Å²) < 4.78 is 1.71. The number of phenolic OH excluding ortho intramolecular Hbond substituents is 1. The minimum atomic E-state index is -0.586. The Hall–Kier alpha value is -2.67. The maximum Gasteiger partial charge on any atom is 0.253 e. The predicted molar refractivity (Wildman–Crippen MR) is 104 cm³/mol. The molecule has 26 heavy (non-hydrogen) atoms. The number of carbonyl (C=O) groups excluding carboxylic acids is 1. The van der Waals surface area contributed by atoms with E-state index in [9.17, 15) is 9.90 Å². The number of hydrogen-bond acceptors (Lipinski definition) is 5. The summed E-state index contributed by atoms with van der Waals surface area (Å²) in [5.41, 5.74) is 15.1. The fourth-order valence-corrected chi connectivity index (χ4v) is 4.32. The van der Waals surface area contributed by atoms with Crippen LogP contribution in [0.15, 0.2) is 29.3 Å². The average Bonchev–Trinajstić information content (AvgIpc) is 3.35. The molecule has 1 fully saturated rings. The average molecular weight is 368 g/mol. The Morgan fingerprint density at radius 3 is 2.73 bits per heavy atom. The predicted octanol–water partition coefficient (Wildman–Crippen LogP) is 3.28. The van der Waals surface area contributed by atoms with Crippen molar-refractivity contribution in [1.82, 2.24) is 9.55 Å². The maximum atomic E-state index is 12.1. The second-order valence-electron chi connectivity index (χ2n) is 6.69. The number of phenols is 1. The van der Waals surface area contributed by atoms with Gasteiger partial charge in [-0.25, -0.2) is 4.98 Å².